The standard InChI is InChI=1S/C20H21F3N6O3S/c21-13-7-16(14-4-1-11(8-24-14)19(22)23)29-17(13)9-25-20(27-29)26-15-5-6-28(10-18(15)30)33(31,32)12-2-3-12/h1,4,7-9,12,15,18-19,30H,2-3,5-6,10H2,(H,26,27)/t15-,18-/m1/s1. The van der Waals surface area contributed by atoms with E-state index < -0.39 is 34.4 Å². The zero-order valence-electron chi connectivity index (χ0n) is 17.3. The van der Waals surface area contributed by atoms with Crippen molar-refractivity contribution in [2.24, 2.45) is 0 Å². The normalized spacial score (nSPS) is 22.2. The average Bonchev–Trinajstić information content (AvgIpc) is 3.60. The highest BCUT2D eigenvalue weighted by Gasteiger charge is 2.43. The average molecular weight is 482 g/mol. The molecule has 1 aliphatic heterocycles. The summed E-state index contributed by atoms with van der Waals surface area (Å²) < 4.78 is 67.4. The van der Waals surface area contributed by atoms with Crippen molar-refractivity contribution in [3.63, 3.8) is 0 Å². The molecule has 3 aromatic rings. The smallest absolute Gasteiger partial charge is 0.265 e. The molecule has 3 aromatic heterocycles. The summed E-state index contributed by atoms with van der Waals surface area (Å²) in [5.74, 6) is -0.499. The summed E-state index contributed by atoms with van der Waals surface area (Å²) in [6, 6.07) is 3.26. The van der Waals surface area contributed by atoms with Gasteiger partial charge < -0.3 is 10.4 Å². The van der Waals surface area contributed by atoms with E-state index in [1.165, 1.54) is 33.2 Å². The molecule has 176 valence electrons. The van der Waals surface area contributed by atoms with Crippen molar-refractivity contribution in [2.75, 3.05) is 18.4 Å². The van der Waals surface area contributed by atoms with Crippen LogP contribution in [-0.2, 0) is 10.0 Å². The van der Waals surface area contributed by atoms with Crippen molar-refractivity contribution < 1.29 is 26.7 Å². The van der Waals surface area contributed by atoms with Crippen LogP contribution < -0.4 is 5.32 Å². The molecule has 0 amide bonds. The number of alkyl halides is 2. The van der Waals surface area contributed by atoms with Gasteiger partial charge in [-0.1, -0.05) is 0 Å². The van der Waals surface area contributed by atoms with E-state index in [0.29, 0.717) is 19.3 Å². The van der Waals surface area contributed by atoms with Gasteiger partial charge in [0.2, 0.25) is 16.0 Å². The third kappa shape index (κ3) is 4.15. The predicted octanol–water partition coefficient (Wildman–Crippen LogP) is 2.21. The van der Waals surface area contributed by atoms with Gasteiger partial charge in [0.1, 0.15) is 5.52 Å². The first-order valence-electron chi connectivity index (χ1n) is 10.5. The lowest BCUT2D eigenvalue weighted by Gasteiger charge is -2.35. The summed E-state index contributed by atoms with van der Waals surface area (Å²) in [4.78, 5) is 8.09. The first-order chi connectivity index (χ1) is 15.7. The lowest BCUT2D eigenvalue weighted by atomic mass is 10.0. The highest BCUT2D eigenvalue weighted by molar-refractivity contribution is 7.90. The quantitative estimate of drug-likeness (QED) is 0.554. The van der Waals surface area contributed by atoms with Crippen LogP contribution in [0, 0.1) is 5.82 Å². The second-order valence-corrected chi connectivity index (χ2v) is 10.5. The van der Waals surface area contributed by atoms with Crippen molar-refractivity contribution in [1.29, 1.82) is 0 Å². The van der Waals surface area contributed by atoms with Crippen LogP contribution in [0.15, 0.2) is 30.6 Å². The van der Waals surface area contributed by atoms with E-state index in [1.807, 2.05) is 0 Å². The molecule has 0 aromatic carbocycles. The Bertz CT molecular complexity index is 1280. The molecule has 1 saturated heterocycles. The monoisotopic (exact) mass is 482 g/mol. The van der Waals surface area contributed by atoms with Crippen LogP contribution in [0.4, 0.5) is 19.1 Å². The number of aliphatic hydroxyl groups is 1. The number of piperidine rings is 1. The van der Waals surface area contributed by atoms with Crippen molar-refractivity contribution >= 4 is 21.5 Å². The van der Waals surface area contributed by atoms with Gasteiger partial charge in [-0.05, 0) is 31.4 Å². The van der Waals surface area contributed by atoms with Gasteiger partial charge in [0, 0.05) is 30.9 Å². The first kappa shape index (κ1) is 22.0. The zero-order chi connectivity index (χ0) is 23.3. The lowest BCUT2D eigenvalue weighted by Crippen LogP contribution is -2.52. The van der Waals surface area contributed by atoms with Crippen LogP contribution in [0.3, 0.4) is 0 Å². The zero-order valence-corrected chi connectivity index (χ0v) is 18.1. The number of hydrogen-bond donors (Lipinski definition) is 2. The maximum atomic E-state index is 14.4. The molecule has 0 bridgehead atoms. The number of hydrogen-bond acceptors (Lipinski definition) is 7. The van der Waals surface area contributed by atoms with Crippen LogP contribution in [0.25, 0.3) is 16.9 Å². The molecule has 1 aliphatic carbocycles. The van der Waals surface area contributed by atoms with Gasteiger partial charge in [-0.25, -0.2) is 31.1 Å². The minimum Gasteiger partial charge on any atom is -0.390 e. The molecular formula is C20H21F3N6O3S. The van der Waals surface area contributed by atoms with E-state index in [0.717, 1.165) is 6.20 Å². The summed E-state index contributed by atoms with van der Waals surface area (Å²) in [7, 11) is -3.37. The number of aliphatic hydroxyl groups excluding tert-OH is 1. The second-order valence-electron chi connectivity index (χ2n) is 8.24. The number of anilines is 1. The molecule has 2 aliphatic rings. The van der Waals surface area contributed by atoms with Gasteiger partial charge >= 0.3 is 0 Å². The second kappa shape index (κ2) is 8.22. The molecule has 4 heterocycles. The Balaban J connectivity index is 1.37. The number of nitrogens with one attached hydrogen (secondary N) is 1. The SMILES string of the molecule is O=S(=O)(C1CC1)N1CC[C@@H](Nc2ncc3c(F)cc(-c4ccc(C(F)F)cn4)n3n2)[C@H](O)C1. The number of sulfonamides is 1. The van der Waals surface area contributed by atoms with E-state index in [-0.39, 0.29) is 46.8 Å². The number of fused-ring (bicyclic) bond motifs is 1. The van der Waals surface area contributed by atoms with Crippen molar-refractivity contribution in [3.8, 4) is 11.4 Å². The molecule has 1 saturated carbocycles. The van der Waals surface area contributed by atoms with Crippen molar-refractivity contribution in [2.45, 2.75) is 43.1 Å². The molecule has 2 fully saturated rings. The maximum absolute atomic E-state index is 14.4. The lowest BCUT2D eigenvalue weighted by molar-refractivity contribution is 0.0946. The van der Waals surface area contributed by atoms with Crippen LogP contribution in [-0.4, -0.2) is 67.9 Å². The molecule has 9 nitrogen and oxygen atoms in total. The van der Waals surface area contributed by atoms with Crippen LogP contribution in [0.2, 0.25) is 0 Å². The number of rotatable bonds is 6. The molecule has 0 unspecified atom stereocenters. The fourth-order valence-electron chi connectivity index (χ4n) is 3.93. The molecule has 5 rings (SSSR count). The predicted molar refractivity (Wildman–Crippen MR) is 113 cm³/mol. The van der Waals surface area contributed by atoms with Crippen molar-refractivity contribution in [1.82, 2.24) is 23.9 Å². The molecule has 33 heavy (non-hydrogen) atoms. The largest absolute Gasteiger partial charge is 0.390 e. The Labute approximate surface area is 187 Å². The molecule has 2 N–H and O–H groups in total. The van der Waals surface area contributed by atoms with E-state index in [9.17, 15) is 26.7 Å². The maximum Gasteiger partial charge on any atom is 0.265 e. The molecule has 0 spiro atoms. The van der Waals surface area contributed by atoms with E-state index >= 15 is 0 Å². The van der Waals surface area contributed by atoms with E-state index in [1.54, 1.807) is 0 Å². The highest BCUT2D eigenvalue weighted by atomic mass is 32.2. The van der Waals surface area contributed by atoms with E-state index in [2.05, 4.69) is 20.4 Å². The summed E-state index contributed by atoms with van der Waals surface area (Å²) in [5, 5.41) is 17.5. The number of nitrogens with zero attached hydrogens (tertiary/aromatic N) is 5. The Hall–Kier alpha value is -2.77. The minimum absolute atomic E-state index is 0.0253. The van der Waals surface area contributed by atoms with Crippen LogP contribution in [0.1, 0.15) is 31.3 Å². The summed E-state index contributed by atoms with van der Waals surface area (Å²) in [5.41, 5.74) is 0.323. The van der Waals surface area contributed by atoms with Crippen LogP contribution >= 0.6 is 0 Å². The third-order valence-electron chi connectivity index (χ3n) is 5.93. The molecule has 0 radical (unpaired) electrons. The van der Waals surface area contributed by atoms with Crippen molar-refractivity contribution in [3.05, 3.63) is 42.0 Å². The Morgan fingerprint density at radius 2 is 1.94 bits per heavy atom. The fourth-order valence-corrected chi connectivity index (χ4v) is 5.81. The summed E-state index contributed by atoms with van der Waals surface area (Å²) in [6.07, 6.45) is 0.300. The number of pyridine rings is 1. The highest BCUT2D eigenvalue weighted by Crippen LogP contribution is 2.33. The number of β-amino-alcohol motifs (C(OH)–C–C–N with tert-alkyl or cyclic N) is 1. The molecular weight excluding hydrogens is 461 g/mol. The van der Waals surface area contributed by atoms with Gasteiger partial charge in [0.05, 0.1) is 35.0 Å². The fraction of sp³-hybridized carbons (Fsp3) is 0.450. The van der Waals surface area contributed by atoms with E-state index in [4.69, 9.17) is 0 Å². The Kier molecular flexibility index (Phi) is 5.49. The van der Waals surface area contributed by atoms with Gasteiger partial charge in [-0.3, -0.25) is 4.98 Å². The molecule has 2 atom stereocenters. The molecule has 13 heteroatoms. The first-order valence-corrected chi connectivity index (χ1v) is 12.0. The van der Waals surface area contributed by atoms with Gasteiger partial charge in [-0.2, -0.15) is 4.31 Å². The Morgan fingerprint density at radius 3 is 2.58 bits per heavy atom. The van der Waals surface area contributed by atoms with Gasteiger partial charge in [0.25, 0.3) is 6.43 Å². The summed E-state index contributed by atoms with van der Waals surface area (Å²) in [6.45, 7) is 0.238. The third-order valence-corrected chi connectivity index (χ3v) is 8.30. The van der Waals surface area contributed by atoms with Gasteiger partial charge in [-0.15, -0.1) is 5.10 Å². The van der Waals surface area contributed by atoms with Crippen LogP contribution in [0.5, 0.6) is 0 Å². The number of aromatic nitrogens is 4. The Morgan fingerprint density at radius 1 is 1.15 bits per heavy atom. The number of halogens is 3. The topological polar surface area (TPSA) is 113 Å². The van der Waals surface area contributed by atoms with Gasteiger partial charge in [0.15, 0.2) is 5.82 Å². The summed E-state index contributed by atoms with van der Waals surface area (Å²) >= 11 is 0. The minimum atomic E-state index is -3.37.